The molecule has 0 saturated carbocycles. The van der Waals surface area contributed by atoms with Gasteiger partial charge in [-0.25, -0.2) is 0 Å². The standard InChI is InChI=1S/C8H10O3/c1-5-4-6(9)2-3-7(5)8(10)11/h4,7H,2-3H2,1H3,(H,10,11). The first-order chi connectivity index (χ1) is 5.11. The fourth-order valence-electron chi connectivity index (χ4n) is 1.26. The molecule has 0 saturated heterocycles. The summed E-state index contributed by atoms with van der Waals surface area (Å²) in [4.78, 5) is 21.3. The van der Waals surface area contributed by atoms with Crippen molar-refractivity contribution in [3.05, 3.63) is 11.6 Å². The Bertz CT molecular complexity index is 227. The maximum atomic E-state index is 10.8. The molecule has 0 spiro atoms. The summed E-state index contributed by atoms with van der Waals surface area (Å²) >= 11 is 0. The molecule has 0 bridgehead atoms. The minimum absolute atomic E-state index is 0.0417. The van der Waals surface area contributed by atoms with E-state index in [-0.39, 0.29) is 5.78 Å². The Kier molecular flexibility index (Phi) is 2.08. The molecular weight excluding hydrogens is 144 g/mol. The molecule has 0 radical (unpaired) electrons. The Hall–Kier alpha value is -1.12. The normalized spacial score (nSPS) is 24.6. The molecule has 0 aromatic carbocycles. The number of aliphatic carboxylic acids is 1. The molecule has 3 heteroatoms. The molecule has 1 N–H and O–H groups in total. The maximum absolute atomic E-state index is 10.8. The van der Waals surface area contributed by atoms with Gasteiger partial charge in [-0.1, -0.05) is 5.57 Å². The van der Waals surface area contributed by atoms with E-state index in [4.69, 9.17) is 5.11 Å². The number of ketones is 1. The van der Waals surface area contributed by atoms with E-state index < -0.39 is 11.9 Å². The van der Waals surface area contributed by atoms with E-state index in [2.05, 4.69) is 0 Å². The van der Waals surface area contributed by atoms with Gasteiger partial charge >= 0.3 is 5.97 Å². The molecule has 0 aromatic rings. The van der Waals surface area contributed by atoms with Gasteiger partial charge in [0.15, 0.2) is 5.78 Å². The Morgan fingerprint density at radius 2 is 2.36 bits per heavy atom. The highest BCUT2D eigenvalue weighted by Crippen LogP contribution is 2.22. The topological polar surface area (TPSA) is 54.4 Å². The van der Waals surface area contributed by atoms with Gasteiger partial charge in [-0.15, -0.1) is 0 Å². The second-order valence-electron chi connectivity index (χ2n) is 2.78. The summed E-state index contributed by atoms with van der Waals surface area (Å²) in [6, 6.07) is 0. The van der Waals surface area contributed by atoms with E-state index in [9.17, 15) is 9.59 Å². The number of carbonyl (C=O) groups is 2. The predicted molar refractivity (Wildman–Crippen MR) is 39.1 cm³/mol. The Morgan fingerprint density at radius 1 is 1.73 bits per heavy atom. The lowest BCUT2D eigenvalue weighted by atomic mass is 9.88. The highest BCUT2D eigenvalue weighted by molar-refractivity contribution is 5.93. The second kappa shape index (κ2) is 2.86. The Labute approximate surface area is 64.7 Å². The molecule has 1 rings (SSSR count). The molecule has 11 heavy (non-hydrogen) atoms. The molecule has 3 nitrogen and oxygen atoms in total. The second-order valence-corrected chi connectivity index (χ2v) is 2.78. The lowest BCUT2D eigenvalue weighted by Crippen LogP contribution is -2.20. The van der Waals surface area contributed by atoms with Crippen molar-refractivity contribution >= 4 is 11.8 Å². The van der Waals surface area contributed by atoms with Gasteiger partial charge in [0.25, 0.3) is 0 Å². The maximum Gasteiger partial charge on any atom is 0.310 e. The first-order valence-electron chi connectivity index (χ1n) is 3.55. The summed E-state index contributed by atoms with van der Waals surface area (Å²) in [6.45, 7) is 1.69. The van der Waals surface area contributed by atoms with Crippen LogP contribution in [0.4, 0.5) is 0 Å². The minimum Gasteiger partial charge on any atom is -0.481 e. The van der Waals surface area contributed by atoms with E-state index >= 15 is 0 Å². The Balaban J connectivity index is 2.80. The van der Waals surface area contributed by atoms with Crippen LogP contribution in [0.3, 0.4) is 0 Å². The molecule has 0 amide bonds. The predicted octanol–water partition coefficient (Wildman–Crippen LogP) is 0.996. The van der Waals surface area contributed by atoms with Crippen molar-refractivity contribution in [2.75, 3.05) is 0 Å². The van der Waals surface area contributed by atoms with E-state index in [0.717, 1.165) is 0 Å². The SMILES string of the molecule is CC1=CC(=O)CCC1C(=O)O. The van der Waals surface area contributed by atoms with Gasteiger partial charge in [-0.2, -0.15) is 0 Å². The molecule has 1 atom stereocenters. The van der Waals surface area contributed by atoms with Crippen LogP contribution >= 0.6 is 0 Å². The van der Waals surface area contributed by atoms with Crippen molar-refractivity contribution in [2.45, 2.75) is 19.8 Å². The third kappa shape index (κ3) is 1.67. The van der Waals surface area contributed by atoms with Crippen LogP contribution in [0.25, 0.3) is 0 Å². The first kappa shape index (κ1) is 7.98. The lowest BCUT2D eigenvalue weighted by molar-refractivity contribution is -0.140. The van der Waals surface area contributed by atoms with Crippen molar-refractivity contribution in [3.8, 4) is 0 Å². The summed E-state index contributed by atoms with van der Waals surface area (Å²) in [7, 11) is 0. The Morgan fingerprint density at radius 3 is 2.82 bits per heavy atom. The van der Waals surface area contributed by atoms with Crippen molar-refractivity contribution in [3.63, 3.8) is 0 Å². The zero-order valence-electron chi connectivity index (χ0n) is 6.33. The van der Waals surface area contributed by atoms with Crippen LogP contribution in [0.15, 0.2) is 11.6 Å². The average Bonchev–Trinajstić information content (AvgIpc) is 1.85. The van der Waals surface area contributed by atoms with E-state index in [0.29, 0.717) is 18.4 Å². The van der Waals surface area contributed by atoms with Crippen molar-refractivity contribution in [1.82, 2.24) is 0 Å². The van der Waals surface area contributed by atoms with Crippen LogP contribution in [0.2, 0.25) is 0 Å². The summed E-state index contributed by atoms with van der Waals surface area (Å²) in [5.41, 5.74) is 0.675. The molecule has 0 fully saturated rings. The van der Waals surface area contributed by atoms with Crippen LogP contribution < -0.4 is 0 Å². The van der Waals surface area contributed by atoms with Gasteiger partial charge in [0.2, 0.25) is 0 Å². The van der Waals surface area contributed by atoms with Gasteiger partial charge < -0.3 is 5.11 Å². The number of carbonyl (C=O) groups excluding carboxylic acids is 1. The number of hydrogen-bond donors (Lipinski definition) is 1. The number of carboxylic acid groups (broad SMARTS) is 1. The molecule has 1 unspecified atom stereocenters. The largest absolute Gasteiger partial charge is 0.481 e. The van der Waals surface area contributed by atoms with E-state index in [1.165, 1.54) is 6.08 Å². The monoisotopic (exact) mass is 154 g/mol. The molecule has 0 aromatic heterocycles. The summed E-state index contributed by atoms with van der Waals surface area (Å²) in [6.07, 6.45) is 2.26. The molecule has 0 heterocycles. The lowest BCUT2D eigenvalue weighted by Gasteiger charge is -2.15. The summed E-state index contributed by atoms with van der Waals surface area (Å²) in [5.74, 6) is -1.22. The fourth-order valence-corrected chi connectivity index (χ4v) is 1.26. The average molecular weight is 154 g/mol. The zero-order valence-corrected chi connectivity index (χ0v) is 6.33. The number of carboxylic acids is 1. The summed E-state index contributed by atoms with van der Waals surface area (Å²) < 4.78 is 0. The minimum atomic E-state index is -0.828. The molecule has 1 aliphatic rings. The van der Waals surface area contributed by atoms with Gasteiger partial charge in [-0.3, -0.25) is 9.59 Å². The van der Waals surface area contributed by atoms with Crippen LogP contribution in [0.5, 0.6) is 0 Å². The molecule has 60 valence electrons. The van der Waals surface area contributed by atoms with Gasteiger partial charge in [-0.05, 0) is 19.4 Å². The van der Waals surface area contributed by atoms with Gasteiger partial charge in [0.1, 0.15) is 0 Å². The van der Waals surface area contributed by atoms with E-state index in [1.54, 1.807) is 6.92 Å². The number of allylic oxidation sites excluding steroid dienone is 1. The number of rotatable bonds is 1. The van der Waals surface area contributed by atoms with Gasteiger partial charge in [0.05, 0.1) is 5.92 Å². The molecule has 0 aliphatic heterocycles. The molecular formula is C8H10O3. The summed E-state index contributed by atoms with van der Waals surface area (Å²) in [5, 5.41) is 8.64. The van der Waals surface area contributed by atoms with E-state index in [1.807, 2.05) is 0 Å². The van der Waals surface area contributed by atoms with Crippen LogP contribution in [-0.4, -0.2) is 16.9 Å². The molecule has 1 aliphatic carbocycles. The quantitative estimate of drug-likeness (QED) is 0.612. The highest BCUT2D eigenvalue weighted by atomic mass is 16.4. The third-order valence-corrected chi connectivity index (χ3v) is 1.92. The third-order valence-electron chi connectivity index (χ3n) is 1.92. The van der Waals surface area contributed by atoms with Crippen LogP contribution in [-0.2, 0) is 9.59 Å². The van der Waals surface area contributed by atoms with Crippen LogP contribution in [0, 0.1) is 5.92 Å². The van der Waals surface area contributed by atoms with Crippen molar-refractivity contribution in [2.24, 2.45) is 5.92 Å². The fraction of sp³-hybridized carbons (Fsp3) is 0.500. The van der Waals surface area contributed by atoms with Crippen LogP contribution in [0.1, 0.15) is 19.8 Å². The van der Waals surface area contributed by atoms with Gasteiger partial charge in [0, 0.05) is 6.42 Å². The highest BCUT2D eigenvalue weighted by Gasteiger charge is 2.24. The first-order valence-corrected chi connectivity index (χ1v) is 3.55. The number of hydrogen-bond acceptors (Lipinski definition) is 2. The van der Waals surface area contributed by atoms with Crippen molar-refractivity contribution in [1.29, 1.82) is 0 Å². The zero-order chi connectivity index (χ0) is 8.43. The van der Waals surface area contributed by atoms with Crippen molar-refractivity contribution < 1.29 is 14.7 Å². The smallest absolute Gasteiger partial charge is 0.310 e.